The van der Waals surface area contributed by atoms with Crippen molar-refractivity contribution in [2.24, 2.45) is 23.7 Å². The van der Waals surface area contributed by atoms with Crippen LogP contribution in [0.1, 0.15) is 40.0 Å². The van der Waals surface area contributed by atoms with E-state index in [2.05, 4.69) is 0 Å². The second-order valence-corrected chi connectivity index (χ2v) is 7.24. The number of esters is 1. The van der Waals surface area contributed by atoms with Crippen molar-refractivity contribution in [2.45, 2.75) is 63.8 Å². The van der Waals surface area contributed by atoms with Crippen LogP contribution in [0.4, 0.5) is 0 Å². The summed E-state index contributed by atoms with van der Waals surface area (Å²) in [6, 6.07) is 0. The minimum Gasteiger partial charge on any atom is -0.432 e. The summed E-state index contributed by atoms with van der Waals surface area (Å²) in [7, 11) is 0. The van der Waals surface area contributed by atoms with Gasteiger partial charge in [0.15, 0.2) is 5.60 Å². The SMILES string of the molecule is C[C@@H]1[C@H](O)C[C@H]2[C@@H](C)C(=O)O[C@@H]3O[C@]4(C)CC[C@@H]1C32OO4. The highest BCUT2D eigenvalue weighted by atomic mass is 17.3. The molecular weight excluding hydrogens is 276 g/mol. The van der Waals surface area contributed by atoms with Crippen LogP contribution in [0.2, 0.25) is 0 Å². The summed E-state index contributed by atoms with van der Waals surface area (Å²) in [6.45, 7) is 5.67. The highest BCUT2D eigenvalue weighted by molar-refractivity contribution is 5.74. The van der Waals surface area contributed by atoms with Gasteiger partial charge in [-0.25, -0.2) is 9.78 Å². The lowest BCUT2D eigenvalue weighted by Crippen LogP contribution is -2.71. The van der Waals surface area contributed by atoms with Crippen molar-refractivity contribution in [3.05, 3.63) is 0 Å². The first-order valence-electron chi connectivity index (χ1n) is 7.80. The summed E-state index contributed by atoms with van der Waals surface area (Å²) in [5.41, 5.74) is -0.790. The molecule has 2 bridgehead atoms. The van der Waals surface area contributed by atoms with Crippen LogP contribution in [0.15, 0.2) is 0 Å². The lowest BCUT2D eigenvalue weighted by Gasteiger charge is -2.58. The van der Waals surface area contributed by atoms with Gasteiger partial charge in [-0.15, -0.1) is 0 Å². The van der Waals surface area contributed by atoms with Crippen LogP contribution in [0.25, 0.3) is 0 Å². The van der Waals surface area contributed by atoms with Gasteiger partial charge < -0.3 is 14.6 Å². The van der Waals surface area contributed by atoms with Crippen LogP contribution in [-0.2, 0) is 24.0 Å². The predicted octanol–water partition coefficient (Wildman–Crippen LogP) is 1.37. The van der Waals surface area contributed by atoms with E-state index in [4.69, 9.17) is 19.2 Å². The number of ether oxygens (including phenoxy) is 2. The lowest BCUT2D eigenvalue weighted by molar-refractivity contribution is -0.560. The van der Waals surface area contributed by atoms with E-state index in [0.29, 0.717) is 12.8 Å². The van der Waals surface area contributed by atoms with E-state index in [1.165, 1.54) is 0 Å². The molecule has 4 heterocycles. The van der Waals surface area contributed by atoms with Crippen molar-refractivity contribution >= 4 is 5.97 Å². The molecule has 5 rings (SSSR count). The average molecular weight is 298 g/mol. The molecule has 4 aliphatic heterocycles. The molecule has 6 nitrogen and oxygen atoms in total. The van der Waals surface area contributed by atoms with E-state index < -0.39 is 23.8 Å². The summed E-state index contributed by atoms with van der Waals surface area (Å²) in [6.07, 6.45) is 0.812. The molecule has 1 unspecified atom stereocenters. The fourth-order valence-electron chi connectivity index (χ4n) is 4.72. The zero-order valence-corrected chi connectivity index (χ0v) is 12.6. The maximum absolute atomic E-state index is 12.1. The van der Waals surface area contributed by atoms with Gasteiger partial charge in [0.25, 0.3) is 0 Å². The van der Waals surface area contributed by atoms with Crippen LogP contribution in [0.3, 0.4) is 0 Å². The van der Waals surface area contributed by atoms with Gasteiger partial charge in [0, 0.05) is 18.3 Å². The van der Waals surface area contributed by atoms with Crippen LogP contribution in [-0.4, -0.2) is 34.9 Å². The van der Waals surface area contributed by atoms with Gasteiger partial charge >= 0.3 is 5.97 Å². The highest BCUT2D eigenvalue weighted by Gasteiger charge is 2.71. The molecule has 0 amide bonds. The van der Waals surface area contributed by atoms with Crippen LogP contribution < -0.4 is 0 Å². The molecule has 1 aliphatic carbocycles. The fraction of sp³-hybridized carbons (Fsp3) is 0.933. The Balaban J connectivity index is 1.85. The Labute approximate surface area is 123 Å². The summed E-state index contributed by atoms with van der Waals surface area (Å²) in [4.78, 5) is 23.6. The summed E-state index contributed by atoms with van der Waals surface area (Å²) < 4.78 is 11.5. The van der Waals surface area contributed by atoms with Gasteiger partial charge in [0.1, 0.15) is 0 Å². The largest absolute Gasteiger partial charge is 0.432 e. The number of hydrogen-bond donors (Lipinski definition) is 1. The topological polar surface area (TPSA) is 74.2 Å². The predicted molar refractivity (Wildman–Crippen MR) is 69.4 cm³/mol. The van der Waals surface area contributed by atoms with Crippen molar-refractivity contribution < 1.29 is 29.1 Å². The minimum atomic E-state index is -0.886. The van der Waals surface area contributed by atoms with Gasteiger partial charge in [-0.1, -0.05) is 13.8 Å². The molecule has 21 heavy (non-hydrogen) atoms. The molecule has 0 aromatic rings. The number of aliphatic hydroxyl groups excluding tert-OH is 1. The number of carbonyl (C=O) groups excluding carboxylic acids is 1. The molecule has 0 aromatic heterocycles. The van der Waals surface area contributed by atoms with Crippen molar-refractivity contribution in [3.8, 4) is 0 Å². The third kappa shape index (κ3) is 1.64. The third-order valence-electron chi connectivity index (χ3n) is 6.09. The van der Waals surface area contributed by atoms with Crippen LogP contribution >= 0.6 is 0 Å². The molecular formula is C15H22O6. The zero-order valence-electron chi connectivity index (χ0n) is 12.6. The summed E-state index contributed by atoms with van der Waals surface area (Å²) >= 11 is 0. The first-order chi connectivity index (χ1) is 9.87. The number of aliphatic hydroxyl groups is 1. The number of rotatable bonds is 0. The molecule has 5 aliphatic rings. The minimum absolute atomic E-state index is 0.0520. The summed E-state index contributed by atoms with van der Waals surface area (Å²) in [5.74, 6) is -1.54. The van der Waals surface area contributed by atoms with E-state index in [-0.39, 0.29) is 29.6 Å². The molecule has 6 heteroatoms. The van der Waals surface area contributed by atoms with Crippen LogP contribution in [0, 0.1) is 23.7 Å². The summed E-state index contributed by atoms with van der Waals surface area (Å²) in [5, 5.41) is 10.4. The van der Waals surface area contributed by atoms with E-state index in [9.17, 15) is 9.90 Å². The van der Waals surface area contributed by atoms with E-state index in [0.717, 1.165) is 6.42 Å². The Morgan fingerprint density at radius 1 is 1.24 bits per heavy atom. The Morgan fingerprint density at radius 3 is 2.76 bits per heavy atom. The standard InChI is InChI=1S/C15H22O6/c1-7-9-4-5-14(3)19-13-15(9,21-20-14)10(6-11(7)16)8(2)12(17)18-13/h7-11,13,16H,4-6H2,1-3H3/t7-,8+,9-,10-,11+,13+,14-,15?/m0/s1. The number of hydrogen-bond acceptors (Lipinski definition) is 6. The maximum atomic E-state index is 12.1. The zero-order chi connectivity index (χ0) is 15.0. The second kappa shape index (κ2) is 4.19. The van der Waals surface area contributed by atoms with Gasteiger partial charge in [-0.05, 0) is 25.7 Å². The molecule has 5 fully saturated rings. The Kier molecular flexibility index (Phi) is 2.78. The Morgan fingerprint density at radius 2 is 2.00 bits per heavy atom. The first-order valence-corrected chi connectivity index (χ1v) is 7.80. The molecule has 0 aromatic carbocycles. The monoisotopic (exact) mass is 298 g/mol. The molecule has 118 valence electrons. The quantitative estimate of drug-likeness (QED) is 0.538. The third-order valence-corrected chi connectivity index (χ3v) is 6.09. The van der Waals surface area contributed by atoms with Crippen molar-refractivity contribution in [1.82, 2.24) is 0 Å². The Hall–Kier alpha value is -0.690. The van der Waals surface area contributed by atoms with Gasteiger partial charge in [0.2, 0.25) is 12.1 Å². The fourth-order valence-corrected chi connectivity index (χ4v) is 4.72. The maximum Gasteiger partial charge on any atom is 0.311 e. The molecule has 1 N–H and O–H groups in total. The molecule has 0 radical (unpaired) electrons. The van der Waals surface area contributed by atoms with Crippen molar-refractivity contribution in [2.75, 3.05) is 0 Å². The lowest BCUT2D eigenvalue weighted by atomic mass is 9.57. The normalized spacial score (nSPS) is 59.1. The van der Waals surface area contributed by atoms with E-state index >= 15 is 0 Å². The van der Waals surface area contributed by atoms with Crippen molar-refractivity contribution in [1.29, 1.82) is 0 Å². The van der Waals surface area contributed by atoms with E-state index in [1.54, 1.807) is 6.92 Å². The van der Waals surface area contributed by atoms with Gasteiger partial charge in [0.05, 0.1) is 12.0 Å². The van der Waals surface area contributed by atoms with Gasteiger partial charge in [-0.2, -0.15) is 0 Å². The van der Waals surface area contributed by atoms with E-state index in [1.807, 2.05) is 13.8 Å². The van der Waals surface area contributed by atoms with Crippen molar-refractivity contribution in [3.63, 3.8) is 0 Å². The number of carbonyl (C=O) groups is 1. The highest BCUT2D eigenvalue weighted by Crippen LogP contribution is 2.59. The van der Waals surface area contributed by atoms with Gasteiger partial charge in [-0.3, -0.25) is 4.79 Å². The number of fused-ring (bicyclic) bond motifs is 2. The molecule has 1 spiro atoms. The second-order valence-electron chi connectivity index (χ2n) is 7.24. The molecule has 4 saturated heterocycles. The smallest absolute Gasteiger partial charge is 0.311 e. The molecule has 8 atom stereocenters. The Bertz CT molecular complexity index is 477. The average Bonchev–Trinajstić information content (AvgIpc) is 2.66. The molecule has 1 saturated carbocycles. The van der Waals surface area contributed by atoms with Crippen LogP contribution in [0.5, 0.6) is 0 Å². The first kappa shape index (κ1) is 13.9.